The van der Waals surface area contributed by atoms with Gasteiger partial charge in [0.25, 0.3) is 0 Å². The molecule has 0 bridgehead atoms. The Bertz CT molecular complexity index is 1610. The Labute approximate surface area is 221 Å². The molecular weight excluding hydrogens is 629 g/mol. The van der Waals surface area contributed by atoms with E-state index >= 15 is 0 Å². The monoisotopic (exact) mass is 645 g/mol. The number of hydrogen-bond acceptors (Lipinski definition) is 6. The van der Waals surface area contributed by atoms with Crippen molar-refractivity contribution in [3.05, 3.63) is 91.7 Å². The smallest absolute Gasteiger partial charge is 0.373 e. The largest absolute Gasteiger partial charge is 0.463 e. The topological polar surface area (TPSA) is 99.0 Å². The number of fused-ring (bicyclic) bond motifs is 2. The molecule has 176 valence electrons. The number of amides is 1. The lowest BCUT2D eigenvalue weighted by molar-refractivity contribution is 0.0562. The van der Waals surface area contributed by atoms with Crippen molar-refractivity contribution in [1.82, 2.24) is 9.99 Å². The highest BCUT2D eigenvalue weighted by atomic mass is 127. The number of methoxy groups -OCH3 is 1. The zero-order valence-electron chi connectivity index (χ0n) is 18.2. The second-order valence-electron chi connectivity index (χ2n) is 7.60. The van der Waals surface area contributed by atoms with E-state index in [1.807, 2.05) is 47.2 Å². The van der Waals surface area contributed by atoms with Crippen LogP contribution in [-0.4, -0.2) is 29.8 Å². The van der Waals surface area contributed by atoms with Crippen molar-refractivity contribution in [2.75, 3.05) is 7.11 Å². The molecule has 3 heterocycles. The maximum Gasteiger partial charge on any atom is 0.373 e. The number of benzene rings is 2. The Morgan fingerprint density at radius 1 is 1.14 bits per heavy atom. The fraction of sp³-hybridized carbons (Fsp3) is 0.0800. The van der Waals surface area contributed by atoms with Crippen molar-refractivity contribution >= 4 is 78.5 Å². The molecule has 1 N–H and O–H groups in total. The molecule has 0 saturated carbocycles. The van der Waals surface area contributed by atoms with Gasteiger partial charge in [-0.25, -0.2) is 10.2 Å². The average molecular weight is 646 g/mol. The van der Waals surface area contributed by atoms with E-state index in [1.165, 1.54) is 7.11 Å². The van der Waals surface area contributed by atoms with Gasteiger partial charge in [-0.05, 0) is 59.0 Å². The summed E-state index contributed by atoms with van der Waals surface area (Å²) in [7, 11) is 1.31. The van der Waals surface area contributed by atoms with E-state index in [2.05, 4.69) is 49.0 Å². The Kier molecular flexibility index (Phi) is 6.48. The first-order valence-corrected chi connectivity index (χ1v) is 12.3. The maximum atomic E-state index is 12.6. The maximum absolute atomic E-state index is 12.6. The summed E-state index contributed by atoms with van der Waals surface area (Å²) in [5.74, 6) is -0.0389. The Morgan fingerprint density at radius 3 is 2.80 bits per heavy atom. The first-order chi connectivity index (χ1) is 16.9. The van der Waals surface area contributed by atoms with Gasteiger partial charge in [0, 0.05) is 32.5 Å². The van der Waals surface area contributed by atoms with Crippen molar-refractivity contribution in [1.29, 1.82) is 0 Å². The molecule has 0 saturated heterocycles. The summed E-state index contributed by atoms with van der Waals surface area (Å²) in [5.41, 5.74) is 4.95. The highest BCUT2D eigenvalue weighted by Gasteiger charge is 2.15. The number of rotatable bonds is 6. The highest BCUT2D eigenvalue weighted by molar-refractivity contribution is 14.1. The number of ether oxygens (including phenoxy) is 1. The minimum Gasteiger partial charge on any atom is -0.463 e. The predicted molar refractivity (Wildman–Crippen MR) is 143 cm³/mol. The van der Waals surface area contributed by atoms with Gasteiger partial charge in [-0.15, -0.1) is 0 Å². The van der Waals surface area contributed by atoms with Crippen molar-refractivity contribution in [2.24, 2.45) is 5.10 Å². The third-order valence-electron chi connectivity index (χ3n) is 5.32. The summed E-state index contributed by atoms with van der Waals surface area (Å²) in [5, 5.41) is 5.92. The van der Waals surface area contributed by atoms with Gasteiger partial charge in [0.1, 0.15) is 11.3 Å². The number of esters is 1. The molecule has 5 aromatic rings. The zero-order chi connectivity index (χ0) is 24.5. The molecule has 8 nitrogen and oxygen atoms in total. The minimum absolute atomic E-state index is 0.149. The Balaban J connectivity index is 1.36. The average Bonchev–Trinajstić information content (AvgIpc) is 3.57. The third kappa shape index (κ3) is 4.76. The lowest BCUT2D eigenvalue weighted by Crippen LogP contribution is -2.16. The third-order valence-corrected chi connectivity index (χ3v) is 6.58. The van der Waals surface area contributed by atoms with Crippen LogP contribution in [0.1, 0.15) is 32.4 Å². The summed E-state index contributed by atoms with van der Waals surface area (Å²) in [4.78, 5) is 24.3. The van der Waals surface area contributed by atoms with E-state index in [4.69, 9.17) is 13.6 Å². The second kappa shape index (κ2) is 9.70. The van der Waals surface area contributed by atoms with Gasteiger partial charge in [0.15, 0.2) is 5.76 Å². The van der Waals surface area contributed by atoms with Crippen LogP contribution in [0.4, 0.5) is 0 Å². The van der Waals surface area contributed by atoms with E-state index in [1.54, 1.807) is 24.4 Å². The molecule has 0 unspecified atom stereocenters. The number of carbonyl (C=O) groups excluding carboxylic acids is 2. The summed E-state index contributed by atoms with van der Waals surface area (Å²) in [6, 6.07) is 16.6. The first kappa shape index (κ1) is 23.4. The molecule has 0 aliphatic carbocycles. The van der Waals surface area contributed by atoms with Gasteiger partial charge in [-0.3, -0.25) is 4.79 Å². The number of hydrogen-bond donors (Lipinski definition) is 1. The van der Waals surface area contributed by atoms with Crippen LogP contribution in [0.15, 0.2) is 79.2 Å². The molecule has 10 heteroatoms. The lowest BCUT2D eigenvalue weighted by atomic mass is 10.2. The van der Waals surface area contributed by atoms with Gasteiger partial charge in [0.2, 0.25) is 5.76 Å². The SMILES string of the molecule is COC(=O)c1ccc(Cn2cc(/C=N\NC(=O)c3cc4cc(Br)cc(I)c4o3)c3ccccc32)o1. The number of nitrogens with one attached hydrogen (secondary N) is 1. The number of para-hydroxylation sites is 1. The molecule has 3 aromatic heterocycles. The van der Waals surface area contributed by atoms with E-state index in [9.17, 15) is 9.59 Å². The van der Waals surface area contributed by atoms with Crippen molar-refractivity contribution < 1.29 is 23.2 Å². The summed E-state index contributed by atoms with van der Waals surface area (Å²) in [6.45, 7) is 0.408. The predicted octanol–water partition coefficient (Wildman–Crippen LogP) is 5.95. The van der Waals surface area contributed by atoms with E-state index < -0.39 is 11.9 Å². The number of aromatic nitrogens is 1. The summed E-state index contributed by atoms with van der Waals surface area (Å²) in [6.07, 6.45) is 3.49. The number of halogens is 2. The van der Waals surface area contributed by atoms with E-state index in [0.29, 0.717) is 17.9 Å². The van der Waals surface area contributed by atoms with Crippen LogP contribution < -0.4 is 5.43 Å². The fourth-order valence-corrected chi connectivity index (χ4v) is 5.41. The van der Waals surface area contributed by atoms with E-state index in [0.717, 1.165) is 29.9 Å². The standard InChI is InChI=1S/C25H17BrIN3O5/c1-33-25(32)21-7-6-17(34-21)13-30-12-15(18-4-2-3-5-20(18)30)11-28-29-24(31)22-9-14-8-16(26)10-19(27)23(14)35-22/h2-12H,13H2,1H3,(H,29,31)/b28-11-. The fourth-order valence-electron chi connectivity index (χ4n) is 3.75. The summed E-state index contributed by atoms with van der Waals surface area (Å²) >= 11 is 5.62. The first-order valence-electron chi connectivity index (χ1n) is 10.4. The Hall–Kier alpha value is -3.38. The number of carbonyl (C=O) groups is 2. The van der Waals surface area contributed by atoms with Gasteiger partial charge >= 0.3 is 11.9 Å². The van der Waals surface area contributed by atoms with Crippen LogP contribution in [0.3, 0.4) is 0 Å². The highest BCUT2D eigenvalue weighted by Crippen LogP contribution is 2.28. The molecule has 0 atom stereocenters. The van der Waals surface area contributed by atoms with Crippen LogP contribution >= 0.6 is 38.5 Å². The molecule has 0 aliphatic rings. The minimum atomic E-state index is -0.524. The number of furan rings is 2. The normalized spacial score (nSPS) is 11.5. The van der Waals surface area contributed by atoms with Gasteiger partial charge in [-0.1, -0.05) is 34.1 Å². The lowest BCUT2D eigenvalue weighted by Gasteiger charge is -2.02. The number of hydrazone groups is 1. The van der Waals surface area contributed by atoms with Gasteiger partial charge < -0.3 is 18.1 Å². The molecule has 35 heavy (non-hydrogen) atoms. The van der Waals surface area contributed by atoms with Crippen molar-refractivity contribution in [2.45, 2.75) is 6.54 Å². The van der Waals surface area contributed by atoms with E-state index in [-0.39, 0.29) is 11.5 Å². The zero-order valence-corrected chi connectivity index (χ0v) is 22.0. The molecular formula is C25H17BrIN3O5. The van der Waals surface area contributed by atoms with Crippen LogP contribution in [0, 0.1) is 3.57 Å². The van der Waals surface area contributed by atoms with Crippen LogP contribution in [0.25, 0.3) is 21.9 Å². The molecule has 0 fully saturated rings. The van der Waals surface area contributed by atoms with Gasteiger partial charge in [0.05, 0.1) is 23.4 Å². The molecule has 2 aromatic carbocycles. The summed E-state index contributed by atoms with van der Waals surface area (Å²) < 4.78 is 19.8. The molecule has 1 amide bonds. The van der Waals surface area contributed by atoms with Crippen LogP contribution in [0.5, 0.6) is 0 Å². The van der Waals surface area contributed by atoms with Crippen molar-refractivity contribution in [3.8, 4) is 0 Å². The van der Waals surface area contributed by atoms with Crippen molar-refractivity contribution in [3.63, 3.8) is 0 Å². The quantitative estimate of drug-likeness (QED) is 0.107. The number of nitrogens with zero attached hydrogens (tertiary/aromatic N) is 2. The van der Waals surface area contributed by atoms with Crippen LogP contribution in [-0.2, 0) is 11.3 Å². The molecule has 0 radical (unpaired) electrons. The van der Waals surface area contributed by atoms with Crippen LogP contribution in [0.2, 0.25) is 0 Å². The molecule has 5 rings (SSSR count). The molecule has 0 aliphatic heterocycles. The Morgan fingerprint density at radius 2 is 1.97 bits per heavy atom. The second-order valence-corrected chi connectivity index (χ2v) is 9.68. The van der Waals surface area contributed by atoms with Gasteiger partial charge in [-0.2, -0.15) is 5.10 Å². The molecule has 0 spiro atoms.